The van der Waals surface area contributed by atoms with Gasteiger partial charge < -0.3 is 11.1 Å². The quantitative estimate of drug-likeness (QED) is 0.634. The summed E-state index contributed by atoms with van der Waals surface area (Å²) in [6.07, 6.45) is 0. The van der Waals surface area contributed by atoms with Gasteiger partial charge in [0, 0.05) is 10.0 Å². The maximum Gasteiger partial charge on any atom is 0.196 e. The first kappa shape index (κ1) is 14.8. The first-order valence-corrected chi connectivity index (χ1v) is 6.60. The molecule has 2 aromatic carbocycles. The molecule has 0 radical (unpaired) electrons. The van der Waals surface area contributed by atoms with Crippen LogP contribution >= 0.6 is 28.1 Å². The van der Waals surface area contributed by atoms with Gasteiger partial charge in [-0.1, -0.05) is 12.2 Å². The first-order chi connectivity index (χ1) is 9.40. The van der Waals surface area contributed by atoms with E-state index in [-0.39, 0.29) is 10.7 Å². The number of anilines is 2. The Morgan fingerprint density at radius 2 is 1.70 bits per heavy atom. The van der Waals surface area contributed by atoms with Gasteiger partial charge in [0.1, 0.15) is 4.99 Å². The van der Waals surface area contributed by atoms with Gasteiger partial charge in [-0.05, 0) is 46.3 Å². The van der Waals surface area contributed by atoms with Crippen molar-refractivity contribution in [3.05, 3.63) is 57.8 Å². The molecule has 3 N–H and O–H groups in total. The second kappa shape index (κ2) is 5.80. The van der Waals surface area contributed by atoms with Gasteiger partial charge in [0.2, 0.25) is 0 Å². The topological polar surface area (TPSA) is 38.0 Å². The third-order valence-electron chi connectivity index (χ3n) is 2.56. The second-order valence-corrected chi connectivity index (χ2v) is 5.20. The molecule has 0 saturated carbocycles. The lowest BCUT2D eigenvalue weighted by Crippen LogP contribution is -2.09. The summed E-state index contributed by atoms with van der Waals surface area (Å²) in [6, 6.07) is 6.83. The fourth-order valence-corrected chi connectivity index (χ4v) is 2.14. The molecule has 0 bridgehead atoms. The Labute approximate surface area is 126 Å². The summed E-state index contributed by atoms with van der Waals surface area (Å²) in [5, 5.41) is 2.66. The molecule has 0 heterocycles. The normalized spacial score (nSPS) is 10.4. The molecule has 2 aromatic rings. The fraction of sp³-hybridized carbons (Fsp3) is 0. The SMILES string of the molecule is NC(=S)c1ccc(Nc2ccc(F)c(F)c2F)c(Br)c1. The van der Waals surface area contributed by atoms with Crippen LogP contribution in [0.5, 0.6) is 0 Å². The first-order valence-electron chi connectivity index (χ1n) is 5.40. The van der Waals surface area contributed by atoms with E-state index in [1.807, 2.05) is 0 Å². The van der Waals surface area contributed by atoms with Crippen LogP contribution in [0.15, 0.2) is 34.8 Å². The zero-order chi connectivity index (χ0) is 14.9. The van der Waals surface area contributed by atoms with Crippen LogP contribution in [0.25, 0.3) is 0 Å². The lowest BCUT2D eigenvalue weighted by atomic mass is 10.2. The number of thiocarbonyl (C=S) groups is 1. The summed E-state index contributed by atoms with van der Waals surface area (Å²) in [4.78, 5) is 0.219. The fourth-order valence-electron chi connectivity index (χ4n) is 1.54. The van der Waals surface area contributed by atoms with Crippen LogP contribution < -0.4 is 11.1 Å². The molecular formula is C13H8BrF3N2S. The van der Waals surface area contributed by atoms with Gasteiger partial charge in [0.25, 0.3) is 0 Å². The van der Waals surface area contributed by atoms with E-state index in [9.17, 15) is 13.2 Å². The number of hydrogen-bond donors (Lipinski definition) is 2. The van der Waals surface area contributed by atoms with Crippen molar-refractivity contribution in [2.75, 3.05) is 5.32 Å². The average molecular weight is 361 g/mol. The van der Waals surface area contributed by atoms with Gasteiger partial charge in [-0.3, -0.25) is 0 Å². The Morgan fingerprint density at radius 1 is 1.05 bits per heavy atom. The molecule has 2 nitrogen and oxygen atoms in total. The third-order valence-corrected chi connectivity index (χ3v) is 3.45. The number of nitrogens with one attached hydrogen (secondary N) is 1. The molecular weight excluding hydrogens is 353 g/mol. The predicted molar refractivity (Wildman–Crippen MR) is 79.6 cm³/mol. The highest BCUT2D eigenvalue weighted by molar-refractivity contribution is 9.10. The van der Waals surface area contributed by atoms with E-state index in [2.05, 4.69) is 21.2 Å². The summed E-state index contributed by atoms with van der Waals surface area (Å²) in [6.45, 7) is 0. The second-order valence-electron chi connectivity index (χ2n) is 3.91. The molecule has 7 heteroatoms. The van der Waals surface area contributed by atoms with E-state index >= 15 is 0 Å². The Morgan fingerprint density at radius 3 is 2.30 bits per heavy atom. The minimum absolute atomic E-state index is 0.173. The smallest absolute Gasteiger partial charge is 0.196 e. The number of rotatable bonds is 3. The van der Waals surface area contributed by atoms with Crippen LogP contribution in [0.2, 0.25) is 0 Å². The van der Waals surface area contributed by atoms with Crippen LogP contribution in [-0.4, -0.2) is 4.99 Å². The minimum atomic E-state index is -1.52. The van der Waals surface area contributed by atoms with Crippen molar-refractivity contribution in [3.8, 4) is 0 Å². The van der Waals surface area contributed by atoms with Crippen LogP contribution in [0.1, 0.15) is 5.56 Å². The molecule has 0 aromatic heterocycles. The summed E-state index contributed by atoms with van der Waals surface area (Å²) >= 11 is 8.09. The largest absolute Gasteiger partial charge is 0.389 e. The molecule has 0 spiro atoms. The predicted octanol–water partition coefficient (Wildman–Crippen LogP) is 4.24. The van der Waals surface area contributed by atoms with Gasteiger partial charge in [-0.2, -0.15) is 0 Å². The van der Waals surface area contributed by atoms with Crippen LogP contribution in [0.4, 0.5) is 24.5 Å². The highest BCUT2D eigenvalue weighted by Crippen LogP contribution is 2.29. The Kier molecular flexibility index (Phi) is 4.29. The van der Waals surface area contributed by atoms with Crippen molar-refractivity contribution in [2.24, 2.45) is 5.73 Å². The van der Waals surface area contributed by atoms with Gasteiger partial charge in [-0.25, -0.2) is 13.2 Å². The number of nitrogens with two attached hydrogens (primary N) is 1. The average Bonchev–Trinajstić information content (AvgIpc) is 2.41. The third kappa shape index (κ3) is 2.94. The highest BCUT2D eigenvalue weighted by atomic mass is 79.9. The maximum absolute atomic E-state index is 13.6. The van der Waals surface area contributed by atoms with Crippen molar-refractivity contribution < 1.29 is 13.2 Å². The van der Waals surface area contributed by atoms with E-state index in [0.717, 1.165) is 12.1 Å². The van der Waals surface area contributed by atoms with Crippen molar-refractivity contribution in [1.29, 1.82) is 0 Å². The summed E-state index contributed by atoms with van der Waals surface area (Å²) in [5.41, 5.74) is 6.41. The molecule has 0 amide bonds. The van der Waals surface area contributed by atoms with Crippen molar-refractivity contribution in [3.63, 3.8) is 0 Å². The molecule has 0 saturated heterocycles. The molecule has 104 valence electrons. The van der Waals surface area contributed by atoms with Crippen LogP contribution in [0.3, 0.4) is 0 Å². The maximum atomic E-state index is 13.6. The standard InChI is InChI=1S/C13H8BrF3N2S/c14-7-5-6(13(18)20)1-3-9(7)19-10-4-2-8(15)11(16)12(10)17/h1-5,19H,(H2,18,20). The van der Waals surface area contributed by atoms with E-state index in [4.69, 9.17) is 18.0 Å². The van der Waals surface area contributed by atoms with Gasteiger partial charge in [-0.15, -0.1) is 0 Å². The number of halogens is 4. The van der Waals surface area contributed by atoms with Crippen molar-refractivity contribution in [1.82, 2.24) is 0 Å². The molecule has 0 aliphatic carbocycles. The molecule has 0 aliphatic heterocycles. The van der Waals surface area contributed by atoms with Crippen LogP contribution in [0, 0.1) is 17.5 Å². The molecule has 0 aliphatic rings. The van der Waals surface area contributed by atoms with E-state index in [0.29, 0.717) is 15.7 Å². The number of hydrogen-bond acceptors (Lipinski definition) is 2. The molecule has 0 unspecified atom stereocenters. The summed E-state index contributed by atoms with van der Waals surface area (Å²) in [7, 11) is 0. The van der Waals surface area contributed by atoms with Gasteiger partial charge in [0.05, 0.1) is 11.4 Å². The van der Waals surface area contributed by atoms with Gasteiger partial charge >= 0.3 is 0 Å². The van der Waals surface area contributed by atoms with Crippen LogP contribution in [-0.2, 0) is 0 Å². The monoisotopic (exact) mass is 360 g/mol. The molecule has 20 heavy (non-hydrogen) atoms. The summed E-state index contributed by atoms with van der Waals surface area (Å²) < 4.78 is 40.1. The van der Waals surface area contributed by atoms with Gasteiger partial charge in [0.15, 0.2) is 17.5 Å². The lowest BCUT2D eigenvalue weighted by Gasteiger charge is -2.11. The zero-order valence-electron chi connectivity index (χ0n) is 9.88. The molecule has 0 fully saturated rings. The van der Waals surface area contributed by atoms with Crippen molar-refractivity contribution in [2.45, 2.75) is 0 Å². The summed E-state index contributed by atoms with van der Waals surface area (Å²) in [5.74, 6) is -4.04. The van der Waals surface area contributed by atoms with Crippen molar-refractivity contribution >= 4 is 44.5 Å². The Hall–Kier alpha value is -1.60. The zero-order valence-corrected chi connectivity index (χ0v) is 12.3. The van der Waals surface area contributed by atoms with E-state index < -0.39 is 17.5 Å². The Balaban J connectivity index is 2.36. The molecule has 0 atom stereocenters. The van der Waals surface area contributed by atoms with E-state index in [1.165, 1.54) is 0 Å². The number of benzene rings is 2. The lowest BCUT2D eigenvalue weighted by molar-refractivity contribution is 0.449. The van der Waals surface area contributed by atoms with E-state index in [1.54, 1.807) is 18.2 Å². The Bertz CT molecular complexity index is 692. The highest BCUT2D eigenvalue weighted by Gasteiger charge is 2.14. The molecule has 2 rings (SSSR count). The minimum Gasteiger partial charge on any atom is -0.389 e.